The van der Waals surface area contributed by atoms with Gasteiger partial charge in [0.1, 0.15) is 0 Å². The molecule has 1 amide bonds. The van der Waals surface area contributed by atoms with Crippen molar-refractivity contribution in [1.82, 2.24) is 4.90 Å². The first-order valence-electron chi connectivity index (χ1n) is 4.96. The first-order valence-corrected chi connectivity index (χ1v) is 4.96. The van der Waals surface area contributed by atoms with Crippen molar-refractivity contribution in [3.05, 3.63) is 0 Å². The van der Waals surface area contributed by atoms with Gasteiger partial charge in [-0.3, -0.25) is 4.79 Å². The van der Waals surface area contributed by atoms with Crippen LogP contribution < -0.4 is 0 Å². The molecule has 1 atom stereocenters. The lowest BCUT2D eigenvalue weighted by Gasteiger charge is -2.29. The van der Waals surface area contributed by atoms with Crippen molar-refractivity contribution in [2.45, 2.75) is 45.6 Å². The van der Waals surface area contributed by atoms with E-state index < -0.39 is 0 Å². The number of rotatable bonds is 2. The molecule has 0 aromatic carbocycles. The average Bonchev–Trinajstić information content (AvgIpc) is 2.27. The van der Waals surface area contributed by atoms with Crippen LogP contribution in [0.25, 0.3) is 0 Å². The third-order valence-electron chi connectivity index (χ3n) is 2.75. The smallest absolute Gasteiger partial charge is 0.209 e. The Morgan fingerprint density at radius 1 is 1.33 bits per heavy atom. The molecule has 1 rings (SSSR count). The standard InChI is InChI=1S/C10H19NO/c1-9(2)10-6-4-3-5-7-11(10)8-12/h8-10H,3-7H2,1-2H3. The van der Waals surface area contributed by atoms with Crippen LogP contribution in [-0.2, 0) is 4.79 Å². The SMILES string of the molecule is CC(C)C1CCCCCN1C=O. The minimum atomic E-state index is 0.491. The summed E-state index contributed by atoms with van der Waals surface area (Å²) in [5.74, 6) is 0.605. The maximum atomic E-state index is 10.8. The molecule has 0 saturated carbocycles. The van der Waals surface area contributed by atoms with Crippen molar-refractivity contribution in [2.24, 2.45) is 5.92 Å². The highest BCUT2D eigenvalue weighted by atomic mass is 16.1. The molecule has 1 unspecified atom stereocenters. The summed E-state index contributed by atoms with van der Waals surface area (Å²) in [5, 5.41) is 0. The maximum Gasteiger partial charge on any atom is 0.209 e. The zero-order valence-corrected chi connectivity index (χ0v) is 8.12. The van der Waals surface area contributed by atoms with E-state index in [1.807, 2.05) is 4.90 Å². The Labute approximate surface area is 74.9 Å². The van der Waals surface area contributed by atoms with E-state index in [1.165, 1.54) is 25.7 Å². The van der Waals surface area contributed by atoms with Gasteiger partial charge in [-0.1, -0.05) is 26.7 Å². The van der Waals surface area contributed by atoms with Gasteiger partial charge in [0, 0.05) is 12.6 Å². The lowest BCUT2D eigenvalue weighted by molar-refractivity contribution is -0.121. The Kier molecular flexibility index (Phi) is 3.57. The molecule has 1 saturated heterocycles. The van der Waals surface area contributed by atoms with Gasteiger partial charge in [-0.15, -0.1) is 0 Å². The predicted molar refractivity (Wildman–Crippen MR) is 49.9 cm³/mol. The van der Waals surface area contributed by atoms with Crippen LogP contribution in [0.3, 0.4) is 0 Å². The second kappa shape index (κ2) is 4.48. The van der Waals surface area contributed by atoms with Crippen LogP contribution in [0.2, 0.25) is 0 Å². The maximum absolute atomic E-state index is 10.8. The predicted octanol–water partition coefficient (Wildman–Crippen LogP) is 2.04. The molecule has 12 heavy (non-hydrogen) atoms. The molecule has 1 aliphatic heterocycles. The number of hydrogen-bond donors (Lipinski definition) is 0. The molecule has 70 valence electrons. The van der Waals surface area contributed by atoms with Crippen LogP contribution in [0.15, 0.2) is 0 Å². The van der Waals surface area contributed by atoms with Crippen molar-refractivity contribution in [1.29, 1.82) is 0 Å². The number of nitrogens with zero attached hydrogens (tertiary/aromatic N) is 1. The summed E-state index contributed by atoms with van der Waals surface area (Å²) in [7, 11) is 0. The van der Waals surface area contributed by atoms with Gasteiger partial charge in [-0.25, -0.2) is 0 Å². The molecule has 0 aromatic rings. The molecular weight excluding hydrogens is 150 g/mol. The zero-order chi connectivity index (χ0) is 8.97. The van der Waals surface area contributed by atoms with Crippen molar-refractivity contribution >= 4 is 6.41 Å². The average molecular weight is 169 g/mol. The molecular formula is C10H19NO. The fourth-order valence-electron chi connectivity index (χ4n) is 2.00. The highest BCUT2D eigenvalue weighted by molar-refractivity contribution is 5.47. The highest BCUT2D eigenvalue weighted by Gasteiger charge is 2.21. The molecule has 1 fully saturated rings. The van der Waals surface area contributed by atoms with Gasteiger partial charge in [0.05, 0.1) is 0 Å². The Hall–Kier alpha value is -0.530. The Bertz CT molecular complexity index is 145. The Morgan fingerprint density at radius 3 is 2.67 bits per heavy atom. The van der Waals surface area contributed by atoms with Gasteiger partial charge in [0.25, 0.3) is 0 Å². The molecule has 2 nitrogen and oxygen atoms in total. The lowest BCUT2D eigenvalue weighted by atomic mass is 9.99. The van der Waals surface area contributed by atoms with Crippen LogP contribution in [0, 0.1) is 5.92 Å². The number of carbonyl (C=O) groups excluding carboxylic acids is 1. The van der Waals surface area contributed by atoms with Crippen molar-refractivity contribution in [3.8, 4) is 0 Å². The first-order chi connectivity index (χ1) is 5.75. The first kappa shape index (κ1) is 9.56. The number of likely N-dealkylation sites (tertiary alicyclic amines) is 1. The molecule has 0 aliphatic carbocycles. The number of carbonyl (C=O) groups is 1. The Balaban J connectivity index is 2.57. The third kappa shape index (κ3) is 2.23. The van der Waals surface area contributed by atoms with E-state index >= 15 is 0 Å². The van der Waals surface area contributed by atoms with Crippen LogP contribution in [0.1, 0.15) is 39.5 Å². The number of hydrogen-bond acceptors (Lipinski definition) is 1. The van der Waals surface area contributed by atoms with Crippen molar-refractivity contribution < 1.29 is 4.79 Å². The fourth-order valence-corrected chi connectivity index (χ4v) is 2.00. The quantitative estimate of drug-likeness (QED) is 0.579. The van der Waals surface area contributed by atoms with Crippen LogP contribution in [0.4, 0.5) is 0 Å². The monoisotopic (exact) mass is 169 g/mol. The van der Waals surface area contributed by atoms with Gasteiger partial charge in [-0.05, 0) is 18.8 Å². The summed E-state index contributed by atoms with van der Waals surface area (Å²) in [6, 6.07) is 0.491. The minimum absolute atomic E-state index is 0.491. The summed E-state index contributed by atoms with van der Waals surface area (Å²) < 4.78 is 0. The van der Waals surface area contributed by atoms with E-state index in [9.17, 15) is 4.79 Å². The Morgan fingerprint density at radius 2 is 2.08 bits per heavy atom. The van der Waals surface area contributed by atoms with Crippen molar-refractivity contribution in [3.63, 3.8) is 0 Å². The zero-order valence-electron chi connectivity index (χ0n) is 8.12. The molecule has 1 heterocycles. The normalized spacial score (nSPS) is 25.6. The molecule has 0 N–H and O–H groups in total. The third-order valence-corrected chi connectivity index (χ3v) is 2.75. The fraction of sp³-hybridized carbons (Fsp3) is 0.900. The molecule has 1 aliphatic rings. The van der Waals surface area contributed by atoms with Gasteiger partial charge in [0.15, 0.2) is 0 Å². The highest BCUT2D eigenvalue weighted by Crippen LogP contribution is 2.20. The molecule has 0 radical (unpaired) electrons. The second-order valence-electron chi connectivity index (χ2n) is 4.00. The second-order valence-corrected chi connectivity index (χ2v) is 4.00. The van der Waals surface area contributed by atoms with E-state index in [1.54, 1.807) is 0 Å². The van der Waals surface area contributed by atoms with E-state index in [0.29, 0.717) is 12.0 Å². The van der Waals surface area contributed by atoms with Gasteiger partial charge < -0.3 is 4.90 Å². The van der Waals surface area contributed by atoms with Crippen molar-refractivity contribution in [2.75, 3.05) is 6.54 Å². The van der Waals surface area contributed by atoms with Gasteiger partial charge in [-0.2, -0.15) is 0 Å². The van der Waals surface area contributed by atoms with E-state index in [2.05, 4.69) is 13.8 Å². The summed E-state index contributed by atoms with van der Waals surface area (Å²) in [4.78, 5) is 12.7. The number of amides is 1. The minimum Gasteiger partial charge on any atom is -0.342 e. The van der Waals surface area contributed by atoms with Crippen LogP contribution >= 0.6 is 0 Å². The van der Waals surface area contributed by atoms with Crippen LogP contribution in [-0.4, -0.2) is 23.9 Å². The van der Waals surface area contributed by atoms with Gasteiger partial charge >= 0.3 is 0 Å². The van der Waals surface area contributed by atoms with Crippen LogP contribution in [0.5, 0.6) is 0 Å². The summed E-state index contributed by atoms with van der Waals surface area (Å²) >= 11 is 0. The molecule has 2 heteroatoms. The molecule has 0 aromatic heterocycles. The molecule has 0 bridgehead atoms. The summed E-state index contributed by atoms with van der Waals surface area (Å²) in [5.41, 5.74) is 0. The lowest BCUT2D eigenvalue weighted by Crippen LogP contribution is -2.37. The van der Waals surface area contributed by atoms with Gasteiger partial charge in [0.2, 0.25) is 6.41 Å². The summed E-state index contributed by atoms with van der Waals surface area (Å²) in [6.45, 7) is 5.37. The largest absolute Gasteiger partial charge is 0.342 e. The molecule has 0 spiro atoms. The summed E-state index contributed by atoms with van der Waals surface area (Å²) in [6.07, 6.45) is 5.97. The van der Waals surface area contributed by atoms with E-state index in [-0.39, 0.29) is 0 Å². The van der Waals surface area contributed by atoms with E-state index in [0.717, 1.165) is 13.0 Å². The topological polar surface area (TPSA) is 20.3 Å². The van der Waals surface area contributed by atoms with E-state index in [4.69, 9.17) is 0 Å².